The van der Waals surface area contributed by atoms with Crippen molar-refractivity contribution in [3.8, 4) is 0 Å². The standard InChI is InChI=1S/C33H47F3N4O2/c1-21(4-9-29(42)39-14-16-40(17-15-39)30-28(33(34,35)36)19-37-20-38-30)25-7-8-26-24-6-5-22-18-23(41)10-12-31(22,2)27(24)11-13-32(25,26)3/h5,19-21,23-27,41H,4,6-18H2,1-3H3/t21-,23+,24+,25-,26+,27+,31+,32-/m1/s1. The van der Waals surface area contributed by atoms with Gasteiger partial charge in [-0.3, -0.25) is 4.79 Å². The number of hydrogen-bond donors (Lipinski definition) is 1. The second kappa shape index (κ2) is 11.1. The summed E-state index contributed by atoms with van der Waals surface area (Å²) in [6, 6.07) is 0. The third-order valence-corrected chi connectivity index (χ3v) is 12.6. The number of piperazine rings is 1. The summed E-state index contributed by atoms with van der Waals surface area (Å²) in [5.41, 5.74) is 1.27. The highest BCUT2D eigenvalue weighted by atomic mass is 19.4. The molecule has 6 nitrogen and oxygen atoms in total. The summed E-state index contributed by atoms with van der Waals surface area (Å²) in [5.74, 6) is 3.29. The molecule has 1 aromatic rings. The minimum absolute atomic E-state index is 0.100. The first-order valence-corrected chi connectivity index (χ1v) is 16.2. The van der Waals surface area contributed by atoms with Gasteiger partial charge in [0.15, 0.2) is 0 Å². The number of aromatic nitrogens is 2. The van der Waals surface area contributed by atoms with E-state index in [0.29, 0.717) is 49.9 Å². The predicted molar refractivity (Wildman–Crippen MR) is 155 cm³/mol. The minimum atomic E-state index is -4.51. The van der Waals surface area contributed by atoms with Gasteiger partial charge >= 0.3 is 6.18 Å². The number of hydrogen-bond acceptors (Lipinski definition) is 5. The second-order valence-corrected chi connectivity index (χ2v) is 14.5. The zero-order valence-corrected chi connectivity index (χ0v) is 25.4. The molecule has 1 aromatic heterocycles. The number of nitrogens with zero attached hydrogens (tertiary/aromatic N) is 4. The first-order valence-electron chi connectivity index (χ1n) is 16.2. The number of rotatable bonds is 5. The lowest BCUT2D eigenvalue weighted by molar-refractivity contribution is -0.138. The average Bonchev–Trinajstić information content (AvgIpc) is 3.33. The van der Waals surface area contributed by atoms with E-state index in [1.54, 1.807) is 4.90 Å². The van der Waals surface area contributed by atoms with Gasteiger partial charge in [0.25, 0.3) is 0 Å². The number of allylic oxidation sites excluding steroid dienone is 1. The fourth-order valence-corrected chi connectivity index (χ4v) is 10.3. The SMILES string of the molecule is C[C@H](CCC(=O)N1CCN(c2ncncc2C(F)(F)F)CC1)[C@H]1CC[C@H]2[C@@H]3CC=C4C[C@@H](O)CC[C@]4(C)[C@H]3CC[C@]12C. The maximum Gasteiger partial charge on any atom is 0.421 e. The summed E-state index contributed by atoms with van der Waals surface area (Å²) in [4.78, 5) is 24.1. The largest absolute Gasteiger partial charge is 0.421 e. The van der Waals surface area contributed by atoms with Crippen molar-refractivity contribution in [1.29, 1.82) is 0 Å². The quantitative estimate of drug-likeness (QED) is 0.398. The molecule has 0 aromatic carbocycles. The number of alkyl halides is 3. The molecule has 1 N–H and O–H groups in total. The Hall–Kier alpha value is -2.16. The zero-order valence-electron chi connectivity index (χ0n) is 25.4. The Balaban J connectivity index is 1.04. The molecule has 1 amide bonds. The van der Waals surface area contributed by atoms with Gasteiger partial charge in [-0.25, -0.2) is 9.97 Å². The Morgan fingerprint density at radius 2 is 1.86 bits per heavy atom. The van der Waals surface area contributed by atoms with Crippen LogP contribution >= 0.6 is 0 Å². The van der Waals surface area contributed by atoms with Gasteiger partial charge in [0.1, 0.15) is 17.7 Å². The summed E-state index contributed by atoms with van der Waals surface area (Å²) in [6.07, 6.45) is 10.3. The second-order valence-electron chi connectivity index (χ2n) is 14.5. The van der Waals surface area contributed by atoms with E-state index in [-0.39, 0.29) is 23.2 Å². The summed E-state index contributed by atoms with van der Waals surface area (Å²) < 4.78 is 40.3. The summed E-state index contributed by atoms with van der Waals surface area (Å²) in [7, 11) is 0. The Morgan fingerprint density at radius 3 is 2.60 bits per heavy atom. The van der Waals surface area contributed by atoms with Gasteiger partial charge in [-0.1, -0.05) is 32.4 Å². The highest BCUT2D eigenvalue weighted by Gasteiger charge is 2.59. The third-order valence-electron chi connectivity index (χ3n) is 12.6. The molecule has 2 heterocycles. The van der Waals surface area contributed by atoms with Gasteiger partial charge in [0, 0.05) is 38.8 Å². The maximum atomic E-state index is 13.4. The molecule has 6 rings (SSSR count). The van der Waals surface area contributed by atoms with Gasteiger partial charge in [-0.2, -0.15) is 13.2 Å². The number of amides is 1. The zero-order chi connectivity index (χ0) is 29.9. The number of carbonyl (C=O) groups excluding carboxylic acids is 1. The van der Waals surface area contributed by atoms with E-state index in [2.05, 4.69) is 36.8 Å². The van der Waals surface area contributed by atoms with Crippen molar-refractivity contribution in [3.05, 3.63) is 29.7 Å². The number of fused-ring (bicyclic) bond motifs is 5. The van der Waals surface area contributed by atoms with Crippen LogP contribution in [0.25, 0.3) is 0 Å². The van der Waals surface area contributed by atoms with Crippen LogP contribution in [0, 0.1) is 40.4 Å². The normalized spacial score (nSPS) is 37.4. The number of carbonyl (C=O) groups is 1. The first kappa shape index (κ1) is 29.9. The van der Waals surface area contributed by atoms with Crippen molar-refractivity contribution in [2.75, 3.05) is 31.1 Å². The summed E-state index contributed by atoms with van der Waals surface area (Å²) >= 11 is 0. The van der Waals surface area contributed by atoms with Crippen molar-refractivity contribution in [1.82, 2.24) is 14.9 Å². The molecule has 9 heteroatoms. The number of aliphatic hydroxyl groups is 1. The third kappa shape index (κ3) is 5.15. The van der Waals surface area contributed by atoms with E-state index in [1.807, 2.05) is 4.90 Å². The monoisotopic (exact) mass is 588 g/mol. The molecule has 4 aliphatic carbocycles. The molecule has 232 valence electrons. The van der Waals surface area contributed by atoms with Gasteiger partial charge in [-0.05, 0) is 98.2 Å². The van der Waals surface area contributed by atoms with Crippen LogP contribution in [0.4, 0.5) is 19.0 Å². The molecule has 42 heavy (non-hydrogen) atoms. The average molecular weight is 589 g/mol. The molecular formula is C33H47F3N4O2. The molecule has 1 aliphatic heterocycles. The fourth-order valence-electron chi connectivity index (χ4n) is 10.3. The minimum Gasteiger partial charge on any atom is -0.393 e. The Kier molecular flexibility index (Phi) is 7.89. The van der Waals surface area contributed by atoms with Crippen LogP contribution in [0.2, 0.25) is 0 Å². The number of aliphatic hydroxyl groups excluding tert-OH is 1. The van der Waals surface area contributed by atoms with Crippen molar-refractivity contribution in [3.63, 3.8) is 0 Å². The van der Waals surface area contributed by atoms with Crippen molar-refractivity contribution in [2.45, 2.75) is 97.3 Å². The molecule has 0 unspecified atom stereocenters. The molecule has 0 spiro atoms. The van der Waals surface area contributed by atoms with Crippen molar-refractivity contribution < 1.29 is 23.1 Å². The lowest BCUT2D eigenvalue weighted by Gasteiger charge is -2.58. The van der Waals surface area contributed by atoms with Gasteiger partial charge in [0.05, 0.1) is 6.10 Å². The highest BCUT2D eigenvalue weighted by molar-refractivity contribution is 5.76. The van der Waals surface area contributed by atoms with Crippen LogP contribution in [-0.4, -0.2) is 58.2 Å². The molecule has 3 saturated carbocycles. The van der Waals surface area contributed by atoms with Gasteiger partial charge < -0.3 is 14.9 Å². The van der Waals surface area contributed by atoms with Crippen LogP contribution in [-0.2, 0) is 11.0 Å². The van der Waals surface area contributed by atoms with Crippen LogP contribution in [0.5, 0.6) is 0 Å². The first-order chi connectivity index (χ1) is 19.9. The van der Waals surface area contributed by atoms with Crippen molar-refractivity contribution >= 4 is 11.7 Å². The van der Waals surface area contributed by atoms with Crippen molar-refractivity contribution in [2.24, 2.45) is 40.4 Å². The maximum absolute atomic E-state index is 13.4. The van der Waals surface area contributed by atoms with E-state index < -0.39 is 11.7 Å². The molecule has 5 aliphatic rings. The summed E-state index contributed by atoms with van der Waals surface area (Å²) in [6.45, 7) is 8.84. The molecule has 4 fully saturated rings. The highest BCUT2D eigenvalue weighted by Crippen LogP contribution is 2.67. The van der Waals surface area contributed by atoms with Crippen LogP contribution < -0.4 is 4.90 Å². The smallest absolute Gasteiger partial charge is 0.393 e. The molecule has 0 radical (unpaired) electrons. The Morgan fingerprint density at radius 1 is 1.10 bits per heavy atom. The molecule has 0 bridgehead atoms. The number of halogens is 3. The summed E-state index contributed by atoms with van der Waals surface area (Å²) in [5, 5.41) is 10.3. The molecule has 8 atom stereocenters. The van der Waals surface area contributed by atoms with E-state index in [9.17, 15) is 23.1 Å². The number of anilines is 1. The van der Waals surface area contributed by atoms with E-state index in [1.165, 1.54) is 31.3 Å². The van der Waals surface area contributed by atoms with Gasteiger partial charge in [0.2, 0.25) is 5.91 Å². The Labute approximate surface area is 248 Å². The van der Waals surface area contributed by atoms with E-state index >= 15 is 0 Å². The lowest BCUT2D eigenvalue weighted by atomic mass is 9.47. The lowest BCUT2D eigenvalue weighted by Crippen LogP contribution is -2.51. The van der Waals surface area contributed by atoms with E-state index in [0.717, 1.165) is 62.4 Å². The fraction of sp³-hybridized carbons (Fsp3) is 0.788. The van der Waals surface area contributed by atoms with Crippen LogP contribution in [0.15, 0.2) is 24.2 Å². The van der Waals surface area contributed by atoms with Crippen LogP contribution in [0.3, 0.4) is 0 Å². The van der Waals surface area contributed by atoms with Crippen LogP contribution in [0.1, 0.15) is 90.5 Å². The van der Waals surface area contributed by atoms with Gasteiger partial charge in [-0.15, -0.1) is 0 Å². The molecule has 1 saturated heterocycles. The molecular weight excluding hydrogens is 541 g/mol. The predicted octanol–water partition coefficient (Wildman–Crippen LogP) is 6.50. The Bertz CT molecular complexity index is 1200. The topological polar surface area (TPSA) is 69.6 Å². The van der Waals surface area contributed by atoms with E-state index in [4.69, 9.17) is 0 Å².